The Bertz CT molecular complexity index is 584. The van der Waals surface area contributed by atoms with Crippen molar-refractivity contribution in [3.05, 3.63) is 46.7 Å². The van der Waals surface area contributed by atoms with Crippen LogP contribution < -0.4 is 9.47 Å². The number of pyridine rings is 1. The molecule has 0 spiro atoms. The van der Waals surface area contributed by atoms with E-state index in [4.69, 9.17) is 21.1 Å². The van der Waals surface area contributed by atoms with E-state index in [9.17, 15) is 0 Å². The standard InChI is InChI=1S/C15H16ClNO2/c1-4-11-5-6-12(14(7-11)18-3)19-13-8-15(16)17-9-10(13)2/h5-9H,4H2,1-3H3. The van der Waals surface area contributed by atoms with Crippen LogP contribution in [-0.2, 0) is 6.42 Å². The number of methoxy groups -OCH3 is 1. The number of nitrogens with zero attached hydrogens (tertiary/aromatic N) is 1. The van der Waals surface area contributed by atoms with Gasteiger partial charge in [-0.3, -0.25) is 0 Å². The molecule has 4 heteroatoms. The number of benzene rings is 1. The lowest BCUT2D eigenvalue weighted by atomic mass is 10.1. The fraction of sp³-hybridized carbons (Fsp3) is 0.267. The third-order valence-corrected chi connectivity index (χ3v) is 3.08. The predicted octanol–water partition coefficient (Wildman–Crippen LogP) is 4.41. The minimum Gasteiger partial charge on any atom is -0.493 e. The summed E-state index contributed by atoms with van der Waals surface area (Å²) in [7, 11) is 1.63. The molecule has 19 heavy (non-hydrogen) atoms. The van der Waals surface area contributed by atoms with Gasteiger partial charge in [-0.25, -0.2) is 4.98 Å². The highest BCUT2D eigenvalue weighted by Crippen LogP contribution is 2.34. The summed E-state index contributed by atoms with van der Waals surface area (Å²) in [5, 5.41) is 0.407. The lowest BCUT2D eigenvalue weighted by molar-refractivity contribution is 0.377. The molecule has 0 saturated heterocycles. The molecule has 0 unspecified atom stereocenters. The predicted molar refractivity (Wildman–Crippen MR) is 76.4 cm³/mol. The fourth-order valence-corrected chi connectivity index (χ4v) is 1.87. The fourth-order valence-electron chi connectivity index (χ4n) is 1.73. The Morgan fingerprint density at radius 2 is 1.95 bits per heavy atom. The Labute approximate surface area is 118 Å². The highest BCUT2D eigenvalue weighted by Gasteiger charge is 2.09. The van der Waals surface area contributed by atoms with Crippen molar-refractivity contribution in [1.29, 1.82) is 0 Å². The maximum absolute atomic E-state index is 5.88. The first-order valence-electron chi connectivity index (χ1n) is 6.11. The molecule has 0 aliphatic carbocycles. The molecule has 1 aromatic heterocycles. The molecule has 3 nitrogen and oxygen atoms in total. The number of aryl methyl sites for hydroxylation is 2. The van der Waals surface area contributed by atoms with Crippen LogP contribution in [0, 0.1) is 6.92 Å². The van der Waals surface area contributed by atoms with Crippen molar-refractivity contribution in [2.45, 2.75) is 20.3 Å². The van der Waals surface area contributed by atoms with Crippen LogP contribution in [0.25, 0.3) is 0 Å². The molecule has 0 aliphatic heterocycles. The SMILES string of the molecule is CCc1ccc(Oc2cc(Cl)ncc2C)c(OC)c1. The van der Waals surface area contributed by atoms with E-state index in [1.165, 1.54) is 5.56 Å². The Kier molecular flexibility index (Phi) is 4.27. The van der Waals surface area contributed by atoms with Gasteiger partial charge in [-0.2, -0.15) is 0 Å². The zero-order valence-corrected chi connectivity index (χ0v) is 12.0. The van der Waals surface area contributed by atoms with Gasteiger partial charge in [0.05, 0.1) is 7.11 Å². The summed E-state index contributed by atoms with van der Waals surface area (Å²) < 4.78 is 11.2. The summed E-state index contributed by atoms with van der Waals surface area (Å²) in [6.07, 6.45) is 2.64. The summed E-state index contributed by atoms with van der Waals surface area (Å²) in [6, 6.07) is 7.61. The van der Waals surface area contributed by atoms with Gasteiger partial charge in [-0.15, -0.1) is 0 Å². The number of ether oxygens (including phenoxy) is 2. The summed E-state index contributed by atoms with van der Waals surface area (Å²) in [4.78, 5) is 4.01. The number of rotatable bonds is 4. The normalized spacial score (nSPS) is 10.3. The first-order valence-corrected chi connectivity index (χ1v) is 6.48. The van der Waals surface area contributed by atoms with E-state index in [-0.39, 0.29) is 0 Å². The zero-order valence-electron chi connectivity index (χ0n) is 11.2. The van der Waals surface area contributed by atoms with Crippen LogP contribution in [0.4, 0.5) is 0 Å². The summed E-state index contributed by atoms with van der Waals surface area (Å²) >= 11 is 5.88. The summed E-state index contributed by atoms with van der Waals surface area (Å²) in [5.74, 6) is 2.07. The van der Waals surface area contributed by atoms with Crippen LogP contribution in [-0.4, -0.2) is 12.1 Å². The van der Waals surface area contributed by atoms with Gasteiger partial charge in [0.25, 0.3) is 0 Å². The van der Waals surface area contributed by atoms with Crippen LogP contribution >= 0.6 is 11.6 Å². The maximum atomic E-state index is 5.88. The average molecular weight is 278 g/mol. The Hall–Kier alpha value is -1.74. The topological polar surface area (TPSA) is 31.4 Å². The Balaban J connectivity index is 2.35. The lowest BCUT2D eigenvalue weighted by Gasteiger charge is -2.13. The van der Waals surface area contributed by atoms with Crippen molar-refractivity contribution in [1.82, 2.24) is 4.98 Å². The molecule has 2 rings (SSSR count). The third-order valence-electron chi connectivity index (χ3n) is 2.88. The van der Waals surface area contributed by atoms with Crippen molar-refractivity contribution in [2.75, 3.05) is 7.11 Å². The zero-order chi connectivity index (χ0) is 13.8. The highest BCUT2D eigenvalue weighted by molar-refractivity contribution is 6.29. The number of hydrogen-bond donors (Lipinski definition) is 0. The second-order valence-corrected chi connectivity index (χ2v) is 4.60. The average Bonchev–Trinajstić information content (AvgIpc) is 2.43. The molecule has 0 bridgehead atoms. The molecule has 0 fully saturated rings. The van der Waals surface area contributed by atoms with Crippen LogP contribution in [0.5, 0.6) is 17.2 Å². The monoisotopic (exact) mass is 277 g/mol. The van der Waals surface area contributed by atoms with Gasteiger partial charge >= 0.3 is 0 Å². The molecular weight excluding hydrogens is 262 g/mol. The number of hydrogen-bond acceptors (Lipinski definition) is 3. The van der Waals surface area contributed by atoms with E-state index in [0.29, 0.717) is 22.4 Å². The van der Waals surface area contributed by atoms with Crippen molar-refractivity contribution in [3.8, 4) is 17.2 Å². The number of halogens is 1. The summed E-state index contributed by atoms with van der Waals surface area (Å²) in [6.45, 7) is 4.02. The molecular formula is C15H16ClNO2. The molecule has 0 N–H and O–H groups in total. The van der Waals surface area contributed by atoms with E-state index < -0.39 is 0 Å². The molecule has 0 saturated carbocycles. The molecule has 1 heterocycles. The van der Waals surface area contributed by atoms with Gasteiger partial charge in [-0.05, 0) is 31.0 Å². The molecule has 2 aromatic rings. The first-order chi connectivity index (χ1) is 9.13. The summed E-state index contributed by atoms with van der Waals surface area (Å²) in [5.41, 5.74) is 2.12. The quantitative estimate of drug-likeness (QED) is 0.776. The molecule has 0 atom stereocenters. The molecule has 0 radical (unpaired) electrons. The second-order valence-electron chi connectivity index (χ2n) is 4.21. The number of aromatic nitrogens is 1. The van der Waals surface area contributed by atoms with Gasteiger partial charge < -0.3 is 9.47 Å². The Morgan fingerprint density at radius 3 is 2.63 bits per heavy atom. The maximum Gasteiger partial charge on any atom is 0.169 e. The van der Waals surface area contributed by atoms with Crippen molar-refractivity contribution in [2.24, 2.45) is 0 Å². The van der Waals surface area contributed by atoms with E-state index >= 15 is 0 Å². The van der Waals surface area contributed by atoms with Crippen LogP contribution in [0.2, 0.25) is 5.15 Å². The second kappa shape index (κ2) is 5.93. The first kappa shape index (κ1) is 13.7. The van der Waals surface area contributed by atoms with Crippen LogP contribution in [0.3, 0.4) is 0 Å². The van der Waals surface area contributed by atoms with Crippen molar-refractivity contribution >= 4 is 11.6 Å². The van der Waals surface area contributed by atoms with Crippen molar-refractivity contribution in [3.63, 3.8) is 0 Å². The van der Waals surface area contributed by atoms with Gasteiger partial charge in [-0.1, -0.05) is 24.6 Å². The van der Waals surface area contributed by atoms with Crippen LogP contribution in [0.15, 0.2) is 30.5 Å². The highest BCUT2D eigenvalue weighted by atomic mass is 35.5. The lowest BCUT2D eigenvalue weighted by Crippen LogP contribution is -1.94. The largest absolute Gasteiger partial charge is 0.493 e. The third kappa shape index (κ3) is 3.18. The van der Waals surface area contributed by atoms with E-state index in [2.05, 4.69) is 11.9 Å². The van der Waals surface area contributed by atoms with Gasteiger partial charge in [0.15, 0.2) is 11.5 Å². The smallest absolute Gasteiger partial charge is 0.169 e. The molecule has 0 amide bonds. The van der Waals surface area contributed by atoms with E-state index in [1.807, 2.05) is 25.1 Å². The van der Waals surface area contributed by atoms with Crippen molar-refractivity contribution < 1.29 is 9.47 Å². The molecule has 1 aromatic carbocycles. The van der Waals surface area contributed by atoms with Gasteiger partial charge in [0.1, 0.15) is 10.9 Å². The Morgan fingerprint density at radius 1 is 1.16 bits per heavy atom. The van der Waals surface area contributed by atoms with E-state index in [0.717, 1.165) is 12.0 Å². The van der Waals surface area contributed by atoms with Crippen LogP contribution in [0.1, 0.15) is 18.1 Å². The molecule has 100 valence electrons. The van der Waals surface area contributed by atoms with E-state index in [1.54, 1.807) is 19.4 Å². The van der Waals surface area contributed by atoms with Gasteiger partial charge in [0, 0.05) is 17.8 Å². The van der Waals surface area contributed by atoms with Gasteiger partial charge in [0.2, 0.25) is 0 Å². The minimum atomic E-state index is 0.407. The minimum absolute atomic E-state index is 0.407. The molecule has 0 aliphatic rings.